The van der Waals surface area contributed by atoms with Crippen LogP contribution in [0.4, 0.5) is 0 Å². The van der Waals surface area contributed by atoms with E-state index in [2.05, 4.69) is 39.0 Å². The van der Waals surface area contributed by atoms with E-state index in [1.54, 1.807) is 17.8 Å². The molecule has 0 spiro atoms. The zero-order valence-electron chi connectivity index (χ0n) is 14.9. The van der Waals surface area contributed by atoms with E-state index in [0.717, 1.165) is 32.5 Å². The van der Waals surface area contributed by atoms with E-state index < -0.39 is 10.0 Å². The molecule has 2 heterocycles. The summed E-state index contributed by atoms with van der Waals surface area (Å²) in [5.74, 6) is 0. The largest absolute Gasteiger partial charge is 0.299 e. The molecule has 0 saturated carbocycles. The number of hydrogen-bond donors (Lipinski definition) is 1. The van der Waals surface area contributed by atoms with E-state index in [9.17, 15) is 8.42 Å². The predicted molar refractivity (Wildman–Crippen MR) is 97.7 cm³/mol. The zero-order valence-corrected chi connectivity index (χ0v) is 15.7. The van der Waals surface area contributed by atoms with Crippen molar-refractivity contribution in [1.29, 1.82) is 0 Å². The molecule has 0 amide bonds. The average molecular weight is 362 g/mol. The summed E-state index contributed by atoms with van der Waals surface area (Å²) in [5.41, 5.74) is 1.85. The summed E-state index contributed by atoms with van der Waals surface area (Å²) in [6.07, 6.45) is 3.27. The van der Waals surface area contributed by atoms with E-state index in [1.807, 2.05) is 13.0 Å². The van der Waals surface area contributed by atoms with E-state index in [1.165, 1.54) is 5.56 Å². The third-order valence-electron chi connectivity index (χ3n) is 4.67. The molecule has 1 aliphatic rings. The van der Waals surface area contributed by atoms with Crippen LogP contribution >= 0.6 is 0 Å². The van der Waals surface area contributed by atoms with Crippen molar-refractivity contribution in [3.05, 3.63) is 47.8 Å². The number of nitrogens with one attached hydrogen (secondary N) is 1. The molecule has 0 aliphatic carbocycles. The van der Waals surface area contributed by atoms with Gasteiger partial charge in [-0.3, -0.25) is 9.58 Å². The highest BCUT2D eigenvalue weighted by atomic mass is 32.2. The molecule has 2 aromatic rings. The van der Waals surface area contributed by atoms with Gasteiger partial charge in [0.15, 0.2) is 0 Å². The van der Waals surface area contributed by atoms with E-state index in [4.69, 9.17) is 0 Å². The number of rotatable bonds is 6. The number of sulfonamides is 1. The van der Waals surface area contributed by atoms with Crippen molar-refractivity contribution in [2.45, 2.75) is 50.7 Å². The molecule has 3 rings (SSSR count). The average Bonchev–Trinajstić information content (AvgIpc) is 2.99. The minimum absolute atomic E-state index is 0.0126. The van der Waals surface area contributed by atoms with Crippen LogP contribution in [0.15, 0.2) is 41.4 Å². The van der Waals surface area contributed by atoms with Crippen LogP contribution in [-0.2, 0) is 23.1 Å². The Kier molecular flexibility index (Phi) is 5.56. The fourth-order valence-electron chi connectivity index (χ4n) is 3.26. The zero-order chi connectivity index (χ0) is 17.9. The fraction of sp³-hybridized carbons (Fsp3) is 0.500. The summed E-state index contributed by atoms with van der Waals surface area (Å²) in [6, 6.07) is 10.4. The summed E-state index contributed by atoms with van der Waals surface area (Å²) >= 11 is 0. The second kappa shape index (κ2) is 7.68. The quantitative estimate of drug-likeness (QED) is 0.855. The highest BCUT2D eigenvalue weighted by Crippen LogP contribution is 2.18. The molecule has 0 unspecified atom stereocenters. The van der Waals surface area contributed by atoms with Gasteiger partial charge in [0.05, 0.1) is 5.69 Å². The summed E-state index contributed by atoms with van der Waals surface area (Å²) < 4.78 is 29.8. The lowest BCUT2D eigenvalue weighted by atomic mass is 10.1. The third-order valence-corrected chi connectivity index (χ3v) is 6.30. The molecule has 136 valence electrons. The second-order valence-electron chi connectivity index (χ2n) is 6.59. The van der Waals surface area contributed by atoms with Crippen molar-refractivity contribution in [2.24, 2.45) is 0 Å². The number of likely N-dealkylation sites (tertiary alicyclic amines) is 1. The normalized spacial score (nSPS) is 17.0. The lowest BCUT2D eigenvalue weighted by Gasteiger charge is -2.32. The maximum atomic E-state index is 12.6. The Labute approximate surface area is 149 Å². The van der Waals surface area contributed by atoms with Gasteiger partial charge < -0.3 is 0 Å². The van der Waals surface area contributed by atoms with Crippen LogP contribution in [-0.4, -0.2) is 42.2 Å². The van der Waals surface area contributed by atoms with Gasteiger partial charge in [-0.2, -0.15) is 5.10 Å². The number of nitrogens with zero attached hydrogens (tertiary/aromatic N) is 3. The number of benzene rings is 1. The maximum absolute atomic E-state index is 12.6. The van der Waals surface area contributed by atoms with Crippen molar-refractivity contribution in [1.82, 2.24) is 19.4 Å². The predicted octanol–water partition coefficient (Wildman–Crippen LogP) is 2.15. The monoisotopic (exact) mass is 362 g/mol. The van der Waals surface area contributed by atoms with E-state index in [0.29, 0.717) is 17.1 Å². The Morgan fingerprint density at radius 1 is 1.20 bits per heavy atom. The minimum atomic E-state index is -3.51. The second-order valence-corrected chi connectivity index (χ2v) is 8.27. The Bertz CT molecular complexity index is 794. The van der Waals surface area contributed by atoms with E-state index in [-0.39, 0.29) is 6.04 Å². The van der Waals surface area contributed by atoms with Crippen LogP contribution < -0.4 is 4.72 Å². The van der Waals surface area contributed by atoms with Crippen molar-refractivity contribution in [3.63, 3.8) is 0 Å². The van der Waals surface area contributed by atoms with Gasteiger partial charge in [-0.15, -0.1) is 0 Å². The minimum Gasteiger partial charge on any atom is -0.299 e. The molecular formula is C18H26N4O2S. The molecule has 25 heavy (non-hydrogen) atoms. The van der Waals surface area contributed by atoms with Gasteiger partial charge in [-0.05, 0) is 32.3 Å². The third kappa shape index (κ3) is 4.48. The lowest BCUT2D eigenvalue weighted by molar-refractivity contribution is 0.200. The SMILES string of the molecule is CCn1cc(S(=O)(=O)NC2CCN(Cc3ccccc3)CC2)c(C)n1. The molecule has 7 heteroatoms. The summed E-state index contributed by atoms with van der Waals surface area (Å²) in [5, 5.41) is 4.24. The smallest absolute Gasteiger partial charge is 0.244 e. The molecule has 0 bridgehead atoms. The molecule has 1 aromatic carbocycles. The van der Waals surface area contributed by atoms with Crippen LogP contribution in [0.5, 0.6) is 0 Å². The van der Waals surface area contributed by atoms with Crippen LogP contribution in [0, 0.1) is 6.92 Å². The first kappa shape index (κ1) is 18.1. The van der Waals surface area contributed by atoms with Gasteiger partial charge in [0.1, 0.15) is 4.90 Å². The Morgan fingerprint density at radius 3 is 2.48 bits per heavy atom. The van der Waals surface area contributed by atoms with Crippen molar-refractivity contribution in [3.8, 4) is 0 Å². The Balaban J connectivity index is 1.57. The van der Waals surface area contributed by atoms with Gasteiger partial charge in [0.2, 0.25) is 10.0 Å². The van der Waals surface area contributed by atoms with Gasteiger partial charge in [-0.1, -0.05) is 30.3 Å². The standard InChI is InChI=1S/C18H26N4O2S/c1-3-22-14-18(15(2)19-22)25(23,24)20-17-9-11-21(12-10-17)13-16-7-5-4-6-8-16/h4-8,14,17,20H,3,9-13H2,1-2H3. The molecule has 1 aromatic heterocycles. The van der Waals surface area contributed by atoms with Gasteiger partial charge in [0, 0.05) is 38.4 Å². The van der Waals surface area contributed by atoms with Crippen LogP contribution in [0.2, 0.25) is 0 Å². The van der Waals surface area contributed by atoms with Crippen LogP contribution in [0.1, 0.15) is 31.0 Å². The molecule has 1 fully saturated rings. The van der Waals surface area contributed by atoms with Gasteiger partial charge in [0.25, 0.3) is 0 Å². The topological polar surface area (TPSA) is 67.2 Å². The maximum Gasteiger partial charge on any atom is 0.244 e. The molecule has 6 nitrogen and oxygen atoms in total. The lowest BCUT2D eigenvalue weighted by Crippen LogP contribution is -2.44. The van der Waals surface area contributed by atoms with Crippen LogP contribution in [0.25, 0.3) is 0 Å². The van der Waals surface area contributed by atoms with Crippen molar-refractivity contribution >= 4 is 10.0 Å². The molecule has 1 saturated heterocycles. The molecule has 1 aliphatic heterocycles. The molecule has 0 radical (unpaired) electrons. The number of aromatic nitrogens is 2. The summed E-state index contributed by atoms with van der Waals surface area (Å²) in [6.45, 7) is 7.06. The van der Waals surface area contributed by atoms with E-state index >= 15 is 0 Å². The van der Waals surface area contributed by atoms with Gasteiger partial charge >= 0.3 is 0 Å². The highest BCUT2D eigenvalue weighted by Gasteiger charge is 2.27. The molecule has 0 atom stereocenters. The Hall–Kier alpha value is -1.70. The first-order valence-electron chi connectivity index (χ1n) is 8.80. The summed E-state index contributed by atoms with van der Waals surface area (Å²) in [7, 11) is -3.51. The highest BCUT2D eigenvalue weighted by molar-refractivity contribution is 7.89. The van der Waals surface area contributed by atoms with Crippen molar-refractivity contribution in [2.75, 3.05) is 13.1 Å². The fourth-order valence-corrected chi connectivity index (χ4v) is 4.75. The van der Waals surface area contributed by atoms with Crippen molar-refractivity contribution < 1.29 is 8.42 Å². The number of piperidine rings is 1. The first-order chi connectivity index (χ1) is 12.0. The Morgan fingerprint density at radius 2 is 1.88 bits per heavy atom. The molecule has 1 N–H and O–H groups in total. The number of aryl methyl sites for hydroxylation is 2. The molecular weight excluding hydrogens is 336 g/mol. The first-order valence-corrected chi connectivity index (χ1v) is 10.3. The summed E-state index contributed by atoms with van der Waals surface area (Å²) in [4.78, 5) is 2.67. The van der Waals surface area contributed by atoms with Crippen LogP contribution in [0.3, 0.4) is 0 Å². The van der Waals surface area contributed by atoms with Gasteiger partial charge in [-0.25, -0.2) is 13.1 Å². The number of hydrogen-bond acceptors (Lipinski definition) is 4.